The summed E-state index contributed by atoms with van der Waals surface area (Å²) in [6.45, 7) is 5.70. The average molecular weight is 888 g/mol. The van der Waals surface area contributed by atoms with E-state index < -0.39 is 53.7 Å². The van der Waals surface area contributed by atoms with Gasteiger partial charge in [-0.15, -0.1) is 6.42 Å². The first kappa shape index (κ1) is 46.6. The molecule has 0 fully saturated rings. The standard InChI is InChI=1S/C46H53N11O8/c1-5-7-24-65-43-53-38(47)37-39(54-43)55(23-6-2)45(62)57(37)44(61)50-25-28-18-20-29(21-19-28)51-40(58)35(17-12-22-49-42(48)60)52-41(59)36(27(3)4)56(46(63)64)26-34-32-15-10-8-13-30(32)31-14-9-11-16-33(31)34/h2,8-11,13-16,18-21,27,34-36H,5,7,12,17,22-26H2,1,3-4H3,(H,50,61)(H,51,58)(H,52,59)(H,63,64)(H2,47,53,54)(H3,48,49,60)/t35-,36-/m0/s1. The summed E-state index contributed by atoms with van der Waals surface area (Å²) < 4.78 is 7.52. The van der Waals surface area contributed by atoms with Crippen LogP contribution in [0.2, 0.25) is 0 Å². The Balaban J connectivity index is 1.15. The van der Waals surface area contributed by atoms with Crippen molar-refractivity contribution in [2.24, 2.45) is 11.7 Å². The van der Waals surface area contributed by atoms with Gasteiger partial charge in [0, 0.05) is 31.2 Å². The molecular formula is C46H53N11O8. The van der Waals surface area contributed by atoms with Crippen LogP contribution in [-0.4, -0.2) is 90.9 Å². The molecule has 9 N–H and O–H groups in total. The highest BCUT2D eigenvalue weighted by Crippen LogP contribution is 2.45. The number of carbonyl (C=O) groups excluding carboxylic acids is 4. The first-order valence-corrected chi connectivity index (χ1v) is 21.3. The lowest BCUT2D eigenvalue weighted by Gasteiger charge is -2.34. The lowest BCUT2D eigenvalue weighted by molar-refractivity contribution is -0.131. The second kappa shape index (κ2) is 21.0. The fraction of sp³-hybridized carbons (Fsp3) is 0.348. The minimum Gasteiger partial charge on any atom is -0.465 e. The predicted molar refractivity (Wildman–Crippen MR) is 244 cm³/mol. The fourth-order valence-electron chi connectivity index (χ4n) is 7.95. The van der Waals surface area contributed by atoms with E-state index in [2.05, 4.69) is 37.2 Å². The highest BCUT2D eigenvalue weighted by molar-refractivity contribution is 5.98. The molecule has 19 nitrogen and oxygen atoms in total. The third-order valence-corrected chi connectivity index (χ3v) is 11.0. The Morgan fingerprint density at radius 1 is 0.938 bits per heavy atom. The molecule has 19 heteroatoms. The largest absolute Gasteiger partial charge is 0.465 e. The van der Waals surface area contributed by atoms with Crippen LogP contribution < -0.4 is 43.2 Å². The Labute approximate surface area is 374 Å². The molecule has 0 aliphatic heterocycles. The second-order valence-corrected chi connectivity index (χ2v) is 15.9. The highest BCUT2D eigenvalue weighted by Gasteiger charge is 2.39. The summed E-state index contributed by atoms with van der Waals surface area (Å²) in [5.41, 5.74) is 15.6. The van der Waals surface area contributed by atoms with Gasteiger partial charge < -0.3 is 42.6 Å². The Bertz CT molecular complexity index is 2620. The van der Waals surface area contributed by atoms with Crippen molar-refractivity contribution in [2.75, 3.05) is 30.7 Å². The molecule has 65 heavy (non-hydrogen) atoms. The van der Waals surface area contributed by atoms with Gasteiger partial charge in [0.15, 0.2) is 11.5 Å². The van der Waals surface area contributed by atoms with Gasteiger partial charge in [-0.05, 0) is 65.1 Å². The molecular weight excluding hydrogens is 835 g/mol. The summed E-state index contributed by atoms with van der Waals surface area (Å²) in [6, 6.07) is 18.1. The number of benzene rings is 3. The number of carbonyl (C=O) groups is 5. The van der Waals surface area contributed by atoms with Crippen molar-refractivity contribution in [3.63, 3.8) is 0 Å². The number of ether oxygens (including phenoxy) is 1. The number of fused-ring (bicyclic) bond motifs is 4. The first-order chi connectivity index (χ1) is 31.2. The molecule has 340 valence electrons. The molecule has 1 aliphatic carbocycles. The molecule has 5 aromatic rings. The van der Waals surface area contributed by atoms with Crippen molar-refractivity contribution < 1.29 is 33.8 Å². The molecule has 2 atom stereocenters. The maximum atomic E-state index is 14.2. The highest BCUT2D eigenvalue weighted by atomic mass is 16.5. The van der Waals surface area contributed by atoms with E-state index in [9.17, 15) is 33.9 Å². The van der Waals surface area contributed by atoms with Crippen LogP contribution in [0.15, 0.2) is 77.6 Å². The van der Waals surface area contributed by atoms with E-state index in [-0.39, 0.29) is 67.9 Å². The van der Waals surface area contributed by atoms with Crippen LogP contribution >= 0.6 is 0 Å². The van der Waals surface area contributed by atoms with Gasteiger partial charge in [-0.1, -0.05) is 93.8 Å². The molecule has 6 amide bonds. The number of aromatic nitrogens is 4. The van der Waals surface area contributed by atoms with Crippen molar-refractivity contribution in [3.8, 4) is 29.5 Å². The number of nitrogens with two attached hydrogens (primary N) is 2. The summed E-state index contributed by atoms with van der Waals surface area (Å²) in [4.78, 5) is 88.9. The summed E-state index contributed by atoms with van der Waals surface area (Å²) in [7, 11) is 0. The summed E-state index contributed by atoms with van der Waals surface area (Å²) >= 11 is 0. The molecule has 2 aromatic heterocycles. The smallest absolute Gasteiger partial charge is 0.408 e. The molecule has 6 rings (SSSR count). The minimum absolute atomic E-state index is 0.00437. The van der Waals surface area contributed by atoms with E-state index in [0.717, 1.165) is 49.1 Å². The number of primary amides is 1. The molecule has 0 unspecified atom stereocenters. The van der Waals surface area contributed by atoms with Gasteiger partial charge in [-0.2, -0.15) is 9.97 Å². The number of nitrogen functional groups attached to an aromatic ring is 1. The van der Waals surface area contributed by atoms with Crippen LogP contribution in [0.1, 0.15) is 69.1 Å². The van der Waals surface area contributed by atoms with Crippen LogP contribution in [0, 0.1) is 18.3 Å². The van der Waals surface area contributed by atoms with Gasteiger partial charge in [0.2, 0.25) is 11.8 Å². The number of carboxylic acid groups (broad SMARTS) is 1. The molecule has 0 bridgehead atoms. The van der Waals surface area contributed by atoms with Crippen LogP contribution in [-0.2, 0) is 22.7 Å². The van der Waals surface area contributed by atoms with Crippen molar-refractivity contribution in [2.45, 2.75) is 77.5 Å². The molecule has 1 aliphatic rings. The van der Waals surface area contributed by atoms with E-state index in [1.165, 1.54) is 0 Å². The van der Waals surface area contributed by atoms with Gasteiger partial charge in [-0.25, -0.2) is 23.7 Å². The predicted octanol–water partition coefficient (Wildman–Crippen LogP) is 4.43. The average Bonchev–Trinajstić information content (AvgIpc) is 3.74. The normalized spacial score (nSPS) is 12.7. The van der Waals surface area contributed by atoms with Crippen molar-refractivity contribution >= 4 is 52.6 Å². The third-order valence-electron chi connectivity index (χ3n) is 11.0. The summed E-state index contributed by atoms with van der Waals surface area (Å²) in [5, 5.41) is 21.4. The molecule has 3 aromatic carbocycles. The van der Waals surface area contributed by atoms with Crippen molar-refractivity contribution in [1.29, 1.82) is 0 Å². The molecule has 0 spiro atoms. The van der Waals surface area contributed by atoms with Crippen LogP contribution in [0.3, 0.4) is 0 Å². The second-order valence-electron chi connectivity index (χ2n) is 15.9. The zero-order valence-electron chi connectivity index (χ0n) is 36.4. The Kier molecular flexibility index (Phi) is 15.1. The van der Waals surface area contributed by atoms with E-state index in [4.69, 9.17) is 22.6 Å². The zero-order chi connectivity index (χ0) is 46.8. The Hall–Kier alpha value is -7.88. The van der Waals surface area contributed by atoms with Crippen LogP contribution in [0.5, 0.6) is 6.01 Å². The number of anilines is 2. The van der Waals surface area contributed by atoms with Gasteiger partial charge in [0.1, 0.15) is 17.6 Å². The number of terminal acetylenes is 1. The first-order valence-electron chi connectivity index (χ1n) is 21.3. The number of rotatable bonds is 19. The summed E-state index contributed by atoms with van der Waals surface area (Å²) in [6.07, 6.45) is 6.17. The van der Waals surface area contributed by atoms with Gasteiger partial charge >= 0.3 is 29.9 Å². The minimum atomic E-state index is -1.29. The Morgan fingerprint density at radius 2 is 1.60 bits per heavy atom. The monoisotopic (exact) mass is 887 g/mol. The number of nitrogens with zero attached hydrogens (tertiary/aromatic N) is 5. The topological polar surface area (TPSA) is 271 Å². The van der Waals surface area contributed by atoms with E-state index >= 15 is 0 Å². The number of unbranched alkanes of at least 4 members (excludes halogenated alkanes) is 1. The van der Waals surface area contributed by atoms with E-state index in [1.54, 1.807) is 38.1 Å². The van der Waals surface area contributed by atoms with Crippen LogP contribution in [0.25, 0.3) is 22.3 Å². The van der Waals surface area contributed by atoms with Crippen molar-refractivity contribution in [1.82, 2.24) is 40.0 Å². The Morgan fingerprint density at radius 3 is 2.20 bits per heavy atom. The fourth-order valence-corrected chi connectivity index (χ4v) is 7.95. The van der Waals surface area contributed by atoms with Crippen molar-refractivity contribution in [3.05, 3.63) is 100.0 Å². The molecule has 0 radical (unpaired) electrons. The zero-order valence-corrected chi connectivity index (χ0v) is 36.4. The van der Waals surface area contributed by atoms with Gasteiger partial charge in [0.25, 0.3) is 0 Å². The quantitative estimate of drug-likeness (QED) is 0.0450. The molecule has 0 saturated heterocycles. The lowest BCUT2D eigenvalue weighted by Crippen LogP contribution is -2.56. The van der Waals surface area contributed by atoms with E-state index in [1.807, 2.05) is 55.5 Å². The number of nitrogens with one attached hydrogen (secondary N) is 4. The third kappa shape index (κ3) is 10.7. The molecule has 2 heterocycles. The number of urea groups is 1. The van der Waals surface area contributed by atoms with Crippen LogP contribution in [0.4, 0.5) is 25.9 Å². The number of hydrogen-bond donors (Lipinski definition) is 7. The lowest BCUT2D eigenvalue weighted by atomic mass is 9.93. The number of imidazole rings is 1. The van der Waals surface area contributed by atoms with E-state index in [0.29, 0.717) is 17.9 Å². The number of hydrogen-bond acceptors (Lipinski definition) is 10. The maximum absolute atomic E-state index is 14.2. The molecule has 0 saturated carbocycles. The number of amides is 6. The summed E-state index contributed by atoms with van der Waals surface area (Å²) in [5.74, 6) is 0.167. The maximum Gasteiger partial charge on any atom is 0.408 e. The van der Waals surface area contributed by atoms with Gasteiger partial charge in [0.05, 0.1) is 13.2 Å². The van der Waals surface area contributed by atoms with Gasteiger partial charge in [-0.3, -0.25) is 19.1 Å². The SMILES string of the molecule is C#CCn1c(=O)n(C(=O)NCc2ccc(NC(=O)[C@H](CCCNC(N)=O)NC(=O)[C@H](C(C)C)N(CC3c4ccccc4-c4ccccc43)C(=O)O)cc2)c2c(N)nc(OCCCC)nc21.